The number of hydrogen-bond donors (Lipinski definition) is 4. The third-order valence-electron chi connectivity index (χ3n) is 5.62. The molecule has 0 bridgehead atoms. The molecule has 1 aromatic carbocycles. The van der Waals surface area contributed by atoms with Crippen molar-refractivity contribution in [3.63, 3.8) is 0 Å². The monoisotopic (exact) mass is 445 g/mol. The third kappa shape index (κ3) is 6.09. The fourth-order valence-electron chi connectivity index (χ4n) is 4.18. The molecule has 2 amide bonds. The molecule has 1 spiro atoms. The van der Waals surface area contributed by atoms with Crippen molar-refractivity contribution >= 4 is 18.0 Å². The van der Waals surface area contributed by atoms with Crippen LogP contribution in [0.5, 0.6) is 0 Å². The minimum Gasteiger partial charge on any atom is -0.480 e. The topological polar surface area (TPSA) is 119 Å². The molecule has 11 heteroatoms. The molecule has 8 nitrogen and oxygen atoms in total. The zero-order valence-corrected chi connectivity index (χ0v) is 17.0. The second kappa shape index (κ2) is 9.54. The van der Waals surface area contributed by atoms with Crippen LogP contribution in [0.4, 0.5) is 18.0 Å². The summed E-state index contributed by atoms with van der Waals surface area (Å²) in [6, 6.07) is 10.2. The van der Waals surface area contributed by atoms with E-state index in [0.29, 0.717) is 6.54 Å². The largest absolute Gasteiger partial charge is 0.490 e. The first-order valence-corrected chi connectivity index (χ1v) is 9.83. The van der Waals surface area contributed by atoms with Crippen LogP contribution in [0, 0.1) is 0 Å². The number of carboxylic acid groups (broad SMARTS) is 2. The average molecular weight is 445 g/mol. The number of carboxylic acids is 2. The van der Waals surface area contributed by atoms with Gasteiger partial charge in [-0.05, 0) is 37.8 Å². The second-order valence-corrected chi connectivity index (χ2v) is 7.74. The summed E-state index contributed by atoms with van der Waals surface area (Å²) in [6.07, 6.45) is -1.55. The number of nitrogens with zero attached hydrogens (tertiary/aromatic N) is 1. The Kier molecular flexibility index (Phi) is 7.53. The van der Waals surface area contributed by atoms with Gasteiger partial charge in [-0.3, -0.25) is 4.79 Å². The fourth-order valence-corrected chi connectivity index (χ4v) is 4.18. The molecule has 2 aliphatic rings. The number of amides is 2. The highest BCUT2D eigenvalue weighted by atomic mass is 19.4. The van der Waals surface area contributed by atoms with Crippen molar-refractivity contribution < 1.29 is 37.8 Å². The molecule has 3 rings (SSSR count). The van der Waals surface area contributed by atoms with Crippen LogP contribution in [0.25, 0.3) is 0 Å². The van der Waals surface area contributed by atoms with E-state index >= 15 is 0 Å². The van der Waals surface area contributed by atoms with E-state index in [0.717, 1.165) is 32.2 Å². The standard InChI is InChI=1S/C18H25N3O3.C2HF3O2/c1-2-19-18(14-6-4-3-5-7-14)10-8-17(9-11-18)13-21(12-15(22)23)16(24)20-17;3-2(4,5)1(6)7/h3-7,19H,2,8-13H2,1H3,(H,20,24)(H,22,23);(H,6,7)/t17-,18+;. The molecule has 0 aromatic heterocycles. The highest BCUT2D eigenvalue weighted by Gasteiger charge is 2.49. The zero-order chi connectivity index (χ0) is 23.3. The normalized spacial score (nSPS) is 25.5. The van der Waals surface area contributed by atoms with Gasteiger partial charge in [-0.2, -0.15) is 13.2 Å². The summed E-state index contributed by atoms with van der Waals surface area (Å²) in [5.74, 6) is -3.73. The van der Waals surface area contributed by atoms with Crippen LogP contribution in [0.3, 0.4) is 0 Å². The van der Waals surface area contributed by atoms with E-state index in [1.54, 1.807) is 0 Å². The third-order valence-corrected chi connectivity index (χ3v) is 5.62. The summed E-state index contributed by atoms with van der Waals surface area (Å²) >= 11 is 0. The molecule has 4 N–H and O–H groups in total. The number of alkyl halides is 3. The van der Waals surface area contributed by atoms with Gasteiger partial charge in [-0.25, -0.2) is 9.59 Å². The van der Waals surface area contributed by atoms with E-state index in [1.807, 2.05) is 6.07 Å². The zero-order valence-electron chi connectivity index (χ0n) is 17.0. The van der Waals surface area contributed by atoms with E-state index in [1.165, 1.54) is 10.5 Å². The van der Waals surface area contributed by atoms with Gasteiger partial charge in [0.15, 0.2) is 0 Å². The lowest BCUT2D eigenvalue weighted by Crippen LogP contribution is -2.54. The van der Waals surface area contributed by atoms with Crippen molar-refractivity contribution in [2.45, 2.75) is 49.9 Å². The van der Waals surface area contributed by atoms with Crippen LogP contribution in [-0.4, -0.2) is 64.4 Å². The molecular weight excluding hydrogens is 419 g/mol. The van der Waals surface area contributed by atoms with Crippen LogP contribution in [0.2, 0.25) is 0 Å². The second-order valence-electron chi connectivity index (χ2n) is 7.74. The Morgan fingerprint density at radius 3 is 2.13 bits per heavy atom. The van der Waals surface area contributed by atoms with Gasteiger partial charge in [0.1, 0.15) is 6.54 Å². The molecule has 172 valence electrons. The van der Waals surface area contributed by atoms with Gasteiger partial charge >= 0.3 is 24.1 Å². The van der Waals surface area contributed by atoms with Gasteiger partial charge in [0.2, 0.25) is 0 Å². The van der Waals surface area contributed by atoms with Crippen molar-refractivity contribution in [2.75, 3.05) is 19.6 Å². The van der Waals surface area contributed by atoms with E-state index < -0.39 is 18.1 Å². The van der Waals surface area contributed by atoms with Gasteiger partial charge < -0.3 is 25.7 Å². The maximum absolute atomic E-state index is 12.1. The fraction of sp³-hybridized carbons (Fsp3) is 0.550. The van der Waals surface area contributed by atoms with E-state index in [-0.39, 0.29) is 23.7 Å². The maximum atomic E-state index is 12.1. The molecule has 0 unspecified atom stereocenters. The summed E-state index contributed by atoms with van der Waals surface area (Å²) in [4.78, 5) is 33.3. The Morgan fingerprint density at radius 1 is 1.13 bits per heavy atom. The lowest BCUT2D eigenvalue weighted by molar-refractivity contribution is -0.192. The summed E-state index contributed by atoms with van der Waals surface area (Å²) in [5.41, 5.74) is 0.931. The summed E-state index contributed by atoms with van der Waals surface area (Å²) < 4.78 is 31.7. The number of halogens is 3. The Morgan fingerprint density at radius 2 is 1.68 bits per heavy atom. The van der Waals surface area contributed by atoms with Crippen molar-refractivity contribution in [3.8, 4) is 0 Å². The van der Waals surface area contributed by atoms with Gasteiger partial charge in [0.25, 0.3) is 0 Å². The highest BCUT2D eigenvalue weighted by molar-refractivity contribution is 5.82. The smallest absolute Gasteiger partial charge is 0.480 e. The van der Waals surface area contributed by atoms with Crippen LogP contribution < -0.4 is 10.6 Å². The van der Waals surface area contributed by atoms with Crippen LogP contribution in [0.15, 0.2) is 30.3 Å². The minimum atomic E-state index is -5.08. The van der Waals surface area contributed by atoms with Gasteiger partial charge in [0, 0.05) is 12.1 Å². The number of benzene rings is 1. The summed E-state index contributed by atoms with van der Waals surface area (Å²) in [7, 11) is 0. The number of carbonyl (C=O) groups is 3. The number of hydrogen-bond acceptors (Lipinski definition) is 4. The quantitative estimate of drug-likeness (QED) is 0.553. The van der Waals surface area contributed by atoms with Crippen LogP contribution in [0.1, 0.15) is 38.2 Å². The molecule has 0 atom stereocenters. The first-order valence-electron chi connectivity index (χ1n) is 9.83. The van der Waals surface area contributed by atoms with Crippen LogP contribution in [-0.2, 0) is 15.1 Å². The molecule has 2 fully saturated rings. The molecule has 1 saturated carbocycles. The van der Waals surface area contributed by atoms with Crippen molar-refractivity contribution in [3.05, 3.63) is 35.9 Å². The summed E-state index contributed by atoms with van der Waals surface area (Å²) in [5, 5.41) is 22.8. The predicted octanol–water partition coefficient (Wildman–Crippen LogP) is 2.55. The van der Waals surface area contributed by atoms with Gasteiger partial charge in [-0.15, -0.1) is 0 Å². The van der Waals surface area contributed by atoms with E-state index in [2.05, 4.69) is 41.8 Å². The van der Waals surface area contributed by atoms with Crippen molar-refractivity contribution in [1.29, 1.82) is 0 Å². The molecule has 1 aromatic rings. The van der Waals surface area contributed by atoms with Crippen LogP contribution >= 0.6 is 0 Å². The molecule has 1 saturated heterocycles. The Bertz CT molecular complexity index is 793. The van der Waals surface area contributed by atoms with E-state index in [4.69, 9.17) is 15.0 Å². The summed E-state index contributed by atoms with van der Waals surface area (Å²) in [6.45, 7) is 3.25. The van der Waals surface area contributed by atoms with Gasteiger partial charge in [-0.1, -0.05) is 37.3 Å². The highest BCUT2D eigenvalue weighted by Crippen LogP contribution is 2.43. The average Bonchev–Trinajstić information content (AvgIpc) is 2.99. The molecule has 0 radical (unpaired) electrons. The lowest BCUT2D eigenvalue weighted by atomic mass is 9.69. The van der Waals surface area contributed by atoms with Crippen molar-refractivity contribution in [2.24, 2.45) is 0 Å². The minimum absolute atomic E-state index is 0.0633. The van der Waals surface area contributed by atoms with Crippen molar-refractivity contribution in [1.82, 2.24) is 15.5 Å². The maximum Gasteiger partial charge on any atom is 0.490 e. The number of urea groups is 1. The molecule has 1 aliphatic heterocycles. The first kappa shape index (κ1) is 24.4. The lowest BCUT2D eigenvalue weighted by Gasteiger charge is -2.45. The number of nitrogens with one attached hydrogen (secondary N) is 2. The molecular formula is C20H26F3N3O5. The van der Waals surface area contributed by atoms with E-state index in [9.17, 15) is 22.8 Å². The Labute approximate surface area is 177 Å². The Hall–Kier alpha value is -2.82. The molecule has 1 heterocycles. The molecule has 1 aliphatic carbocycles. The SMILES string of the molecule is CCN[C@]1(c2ccccc2)CC[C@]2(CC1)CN(CC(=O)O)C(=O)N2.O=C(O)C(F)(F)F. The number of carbonyl (C=O) groups excluding carboxylic acids is 1. The first-order chi connectivity index (χ1) is 14.4. The predicted molar refractivity (Wildman–Crippen MR) is 104 cm³/mol. The number of aliphatic carboxylic acids is 2. The Balaban J connectivity index is 0.000000423. The van der Waals surface area contributed by atoms with Gasteiger partial charge in [0.05, 0.1) is 5.54 Å². The molecule has 31 heavy (non-hydrogen) atoms. The number of rotatable bonds is 5.